The first-order chi connectivity index (χ1) is 7.32. The lowest BCUT2D eigenvalue weighted by Gasteiger charge is -2.47. The zero-order chi connectivity index (χ0) is 12.4. The maximum Gasteiger partial charge on any atom is 0.122 e. The highest BCUT2D eigenvalue weighted by molar-refractivity contribution is 5.52. The van der Waals surface area contributed by atoms with Crippen molar-refractivity contribution in [1.82, 2.24) is 0 Å². The molecule has 4 atom stereocenters. The van der Waals surface area contributed by atoms with Gasteiger partial charge in [0.2, 0.25) is 0 Å². The molecule has 1 fully saturated rings. The smallest absolute Gasteiger partial charge is 0.122 e. The Morgan fingerprint density at radius 1 is 1.38 bits per heavy atom. The lowest BCUT2D eigenvalue weighted by atomic mass is 9.60. The first kappa shape index (κ1) is 13.7. The van der Waals surface area contributed by atoms with Gasteiger partial charge in [0.05, 0.1) is 0 Å². The lowest BCUT2D eigenvalue weighted by Crippen LogP contribution is -2.47. The van der Waals surface area contributed by atoms with E-state index in [-0.39, 0.29) is 22.8 Å². The van der Waals surface area contributed by atoms with Crippen molar-refractivity contribution in [3.63, 3.8) is 0 Å². The summed E-state index contributed by atoms with van der Waals surface area (Å²) in [5.74, 6) is 0.123. The molecule has 0 spiro atoms. The Morgan fingerprint density at radius 2 is 1.94 bits per heavy atom. The summed E-state index contributed by atoms with van der Waals surface area (Å²) >= 11 is 0. The van der Waals surface area contributed by atoms with E-state index in [0.717, 1.165) is 32.0 Å². The second-order valence-electron chi connectivity index (χ2n) is 6.49. The second kappa shape index (κ2) is 4.84. The quantitative estimate of drug-likeness (QED) is 0.717. The first-order valence-corrected chi connectivity index (χ1v) is 6.23. The third-order valence-electron chi connectivity index (χ3n) is 3.90. The van der Waals surface area contributed by atoms with Crippen LogP contribution < -0.4 is 11.5 Å². The Bertz CT molecular complexity index is 256. The van der Waals surface area contributed by atoms with Gasteiger partial charge in [-0.15, -0.1) is 0 Å². The molecule has 1 aliphatic carbocycles. The predicted octanol–water partition coefficient (Wildman–Crippen LogP) is 1.69. The van der Waals surface area contributed by atoms with E-state index in [1.165, 1.54) is 0 Å². The normalized spacial score (nSPS) is 41.7. The van der Waals surface area contributed by atoms with Crippen LogP contribution in [0.4, 0.5) is 0 Å². The first-order valence-electron chi connectivity index (χ1n) is 6.23. The van der Waals surface area contributed by atoms with E-state index in [1.54, 1.807) is 0 Å². The summed E-state index contributed by atoms with van der Waals surface area (Å²) in [5, 5.41) is 0. The van der Waals surface area contributed by atoms with E-state index in [9.17, 15) is 4.79 Å². The molecule has 1 saturated carbocycles. The minimum absolute atomic E-state index is 0.123. The van der Waals surface area contributed by atoms with Crippen LogP contribution in [0.25, 0.3) is 0 Å². The van der Waals surface area contributed by atoms with Gasteiger partial charge >= 0.3 is 0 Å². The molecule has 0 aromatic heterocycles. The fraction of sp³-hybridized carbons (Fsp3) is 0.923. The molecule has 16 heavy (non-hydrogen) atoms. The number of aldehydes is 1. The molecule has 1 rings (SSSR count). The zero-order valence-electron chi connectivity index (χ0n) is 10.8. The van der Waals surface area contributed by atoms with Crippen molar-refractivity contribution in [2.75, 3.05) is 6.54 Å². The number of carbonyl (C=O) groups is 1. The molecule has 4 unspecified atom stereocenters. The molecular weight excluding hydrogens is 200 g/mol. The third-order valence-corrected chi connectivity index (χ3v) is 3.90. The fourth-order valence-electron chi connectivity index (χ4n) is 3.65. The van der Waals surface area contributed by atoms with E-state index >= 15 is 0 Å². The van der Waals surface area contributed by atoms with Gasteiger partial charge in [-0.25, -0.2) is 0 Å². The average molecular weight is 226 g/mol. The van der Waals surface area contributed by atoms with Crippen LogP contribution in [-0.2, 0) is 4.79 Å². The molecule has 0 aromatic rings. The van der Waals surface area contributed by atoms with Crippen LogP contribution in [0.2, 0.25) is 0 Å². The third kappa shape index (κ3) is 3.29. The topological polar surface area (TPSA) is 69.1 Å². The highest BCUT2D eigenvalue weighted by atomic mass is 16.1. The van der Waals surface area contributed by atoms with Gasteiger partial charge in [0, 0.05) is 12.0 Å². The largest absolute Gasteiger partial charge is 0.330 e. The summed E-state index contributed by atoms with van der Waals surface area (Å²) in [7, 11) is 0. The molecule has 4 N–H and O–H groups in total. The van der Waals surface area contributed by atoms with Crippen LogP contribution in [0.1, 0.15) is 46.5 Å². The molecule has 3 nitrogen and oxygen atoms in total. The minimum atomic E-state index is 0.123. The number of hydrogen-bond acceptors (Lipinski definition) is 3. The SMILES string of the molecule is CC(C=O)CC1(C)CC(N)CC(C)(CN)C1. The minimum Gasteiger partial charge on any atom is -0.330 e. The van der Waals surface area contributed by atoms with Crippen LogP contribution in [0.5, 0.6) is 0 Å². The van der Waals surface area contributed by atoms with Gasteiger partial charge in [0.1, 0.15) is 6.29 Å². The number of carbonyl (C=O) groups excluding carboxylic acids is 1. The summed E-state index contributed by atoms with van der Waals surface area (Å²) in [4.78, 5) is 10.8. The summed E-state index contributed by atoms with van der Waals surface area (Å²) in [6.45, 7) is 7.14. The van der Waals surface area contributed by atoms with Gasteiger partial charge in [-0.2, -0.15) is 0 Å². The van der Waals surface area contributed by atoms with Crippen molar-refractivity contribution in [2.24, 2.45) is 28.2 Å². The molecule has 0 radical (unpaired) electrons. The summed E-state index contributed by atoms with van der Waals surface area (Å²) < 4.78 is 0. The van der Waals surface area contributed by atoms with Crippen LogP contribution in [0.15, 0.2) is 0 Å². The van der Waals surface area contributed by atoms with E-state index < -0.39 is 0 Å². The van der Waals surface area contributed by atoms with Crippen molar-refractivity contribution in [3.8, 4) is 0 Å². The maximum atomic E-state index is 10.8. The van der Waals surface area contributed by atoms with Gasteiger partial charge in [0.15, 0.2) is 0 Å². The van der Waals surface area contributed by atoms with E-state index in [4.69, 9.17) is 11.5 Å². The van der Waals surface area contributed by atoms with Crippen molar-refractivity contribution in [1.29, 1.82) is 0 Å². The Balaban J connectivity index is 2.75. The van der Waals surface area contributed by atoms with Crippen LogP contribution in [0.3, 0.4) is 0 Å². The van der Waals surface area contributed by atoms with Gasteiger partial charge in [-0.1, -0.05) is 20.8 Å². The number of rotatable bonds is 4. The zero-order valence-corrected chi connectivity index (χ0v) is 10.8. The van der Waals surface area contributed by atoms with E-state index in [2.05, 4.69) is 13.8 Å². The fourth-order valence-corrected chi connectivity index (χ4v) is 3.65. The van der Waals surface area contributed by atoms with E-state index in [0.29, 0.717) is 6.54 Å². The van der Waals surface area contributed by atoms with Crippen molar-refractivity contribution in [3.05, 3.63) is 0 Å². The standard InChI is InChI=1S/C13H26N2O/c1-10(7-16)4-12(2)5-11(15)6-13(3,8-12)9-14/h7,10-11H,4-6,8-9,14-15H2,1-3H3. The van der Waals surface area contributed by atoms with Crippen molar-refractivity contribution < 1.29 is 4.79 Å². The molecule has 3 heteroatoms. The Labute approximate surface area is 99.0 Å². The van der Waals surface area contributed by atoms with Gasteiger partial charge in [0.25, 0.3) is 0 Å². The number of nitrogens with two attached hydrogens (primary N) is 2. The van der Waals surface area contributed by atoms with Crippen LogP contribution >= 0.6 is 0 Å². The van der Waals surface area contributed by atoms with Crippen LogP contribution in [-0.4, -0.2) is 18.9 Å². The molecular formula is C13H26N2O. The monoisotopic (exact) mass is 226 g/mol. The number of hydrogen-bond donors (Lipinski definition) is 2. The van der Waals surface area contributed by atoms with Crippen molar-refractivity contribution in [2.45, 2.75) is 52.5 Å². The summed E-state index contributed by atoms with van der Waals surface area (Å²) in [6.07, 6.45) is 5.09. The molecule has 0 aromatic carbocycles. The second-order valence-corrected chi connectivity index (χ2v) is 6.49. The molecule has 0 aliphatic heterocycles. The molecule has 0 amide bonds. The Morgan fingerprint density at radius 3 is 2.44 bits per heavy atom. The molecule has 0 saturated heterocycles. The van der Waals surface area contributed by atoms with E-state index in [1.807, 2.05) is 6.92 Å². The molecule has 0 heterocycles. The molecule has 94 valence electrons. The molecule has 0 bridgehead atoms. The summed E-state index contributed by atoms with van der Waals surface area (Å²) in [6, 6.07) is 0.228. The van der Waals surface area contributed by atoms with Gasteiger partial charge in [-0.3, -0.25) is 0 Å². The Hall–Kier alpha value is -0.410. The maximum absolute atomic E-state index is 10.8. The Kier molecular flexibility index (Phi) is 4.13. The van der Waals surface area contributed by atoms with Crippen molar-refractivity contribution >= 4 is 6.29 Å². The average Bonchev–Trinajstić information content (AvgIpc) is 2.14. The van der Waals surface area contributed by atoms with Crippen LogP contribution in [0, 0.1) is 16.7 Å². The highest BCUT2D eigenvalue weighted by Crippen LogP contribution is 2.48. The highest BCUT2D eigenvalue weighted by Gasteiger charge is 2.42. The lowest BCUT2D eigenvalue weighted by molar-refractivity contribution is -0.112. The molecule has 1 aliphatic rings. The van der Waals surface area contributed by atoms with Gasteiger partial charge < -0.3 is 16.3 Å². The summed E-state index contributed by atoms with van der Waals surface area (Å²) in [5.41, 5.74) is 12.3. The van der Waals surface area contributed by atoms with Gasteiger partial charge in [-0.05, 0) is 43.1 Å². The predicted molar refractivity (Wildman–Crippen MR) is 66.9 cm³/mol.